The molecule has 1 atom stereocenters. The highest BCUT2D eigenvalue weighted by Gasteiger charge is 2.43. The molecule has 0 saturated heterocycles. The maximum Gasteiger partial charge on any atom is 0.179 e. The summed E-state index contributed by atoms with van der Waals surface area (Å²) in [4.78, 5) is 0. The van der Waals surface area contributed by atoms with E-state index >= 15 is 0 Å². The molecular formula is C15H19NO. The molecule has 1 aliphatic carbocycles. The summed E-state index contributed by atoms with van der Waals surface area (Å²) in [7, 11) is 0. The first-order valence-corrected chi connectivity index (χ1v) is 6.21. The highest BCUT2D eigenvalue weighted by Crippen LogP contribution is 2.46. The smallest absolute Gasteiger partial charge is 0.179 e. The van der Waals surface area contributed by atoms with Crippen LogP contribution in [-0.2, 0) is 15.8 Å². The van der Waals surface area contributed by atoms with Gasteiger partial charge in [0.1, 0.15) is 6.07 Å². The Morgan fingerprint density at radius 2 is 1.88 bits per heavy atom. The monoisotopic (exact) mass is 229 g/mol. The van der Waals surface area contributed by atoms with Gasteiger partial charge in [-0.25, -0.2) is 0 Å². The molecule has 0 amide bonds. The summed E-state index contributed by atoms with van der Waals surface area (Å²) >= 11 is 0. The molecule has 2 heteroatoms. The molecule has 1 aliphatic rings. The van der Waals surface area contributed by atoms with Gasteiger partial charge >= 0.3 is 0 Å². The molecule has 1 aromatic rings. The molecule has 0 spiro atoms. The van der Waals surface area contributed by atoms with E-state index in [1.807, 2.05) is 25.1 Å². The first-order chi connectivity index (χ1) is 8.06. The number of rotatable bonds is 2. The van der Waals surface area contributed by atoms with Crippen molar-refractivity contribution < 1.29 is 4.74 Å². The second-order valence-electron chi connectivity index (χ2n) is 5.30. The third kappa shape index (κ3) is 1.85. The van der Waals surface area contributed by atoms with Gasteiger partial charge in [0.05, 0.1) is 0 Å². The second-order valence-corrected chi connectivity index (χ2v) is 5.30. The third-order valence-corrected chi connectivity index (χ3v) is 3.76. The molecule has 0 N–H and O–H groups in total. The predicted molar refractivity (Wildman–Crippen MR) is 67.6 cm³/mol. The molecule has 1 aromatic carbocycles. The van der Waals surface area contributed by atoms with Gasteiger partial charge in [0.2, 0.25) is 0 Å². The van der Waals surface area contributed by atoms with Crippen LogP contribution < -0.4 is 0 Å². The fraction of sp³-hybridized carbons (Fsp3) is 0.533. The van der Waals surface area contributed by atoms with Crippen molar-refractivity contribution in [3.63, 3.8) is 0 Å². The molecule has 0 aromatic heterocycles. The summed E-state index contributed by atoms with van der Waals surface area (Å²) in [5.41, 5.74) is 1.70. The van der Waals surface area contributed by atoms with Gasteiger partial charge in [-0.3, -0.25) is 0 Å². The summed E-state index contributed by atoms with van der Waals surface area (Å²) in [5, 5.41) is 9.51. The van der Waals surface area contributed by atoms with Crippen LogP contribution >= 0.6 is 0 Å². The van der Waals surface area contributed by atoms with Gasteiger partial charge in [-0.05, 0) is 30.7 Å². The number of ether oxygens (including phenoxy) is 1. The predicted octanol–water partition coefficient (Wildman–Crippen LogP) is 3.51. The van der Waals surface area contributed by atoms with Gasteiger partial charge in [-0.15, -0.1) is 0 Å². The van der Waals surface area contributed by atoms with Crippen molar-refractivity contribution in [1.29, 1.82) is 5.26 Å². The van der Waals surface area contributed by atoms with Crippen molar-refractivity contribution in [2.24, 2.45) is 0 Å². The van der Waals surface area contributed by atoms with Crippen LogP contribution in [0.2, 0.25) is 0 Å². The van der Waals surface area contributed by atoms with E-state index in [4.69, 9.17) is 4.74 Å². The molecule has 0 bridgehead atoms. The first-order valence-electron chi connectivity index (χ1n) is 6.21. The van der Waals surface area contributed by atoms with E-state index < -0.39 is 5.60 Å². The number of hydrogen-bond acceptors (Lipinski definition) is 2. The van der Waals surface area contributed by atoms with E-state index in [1.54, 1.807) is 0 Å². The Kier molecular flexibility index (Phi) is 2.97. The molecule has 90 valence electrons. The normalized spacial score (nSPS) is 26.0. The van der Waals surface area contributed by atoms with Crippen LogP contribution in [0.1, 0.15) is 44.7 Å². The molecule has 0 saturated carbocycles. The number of hydrogen-bond donors (Lipinski definition) is 0. The van der Waals surface area contributed by atoms with Crippen LogP contribution in [-0.4, -0.2) is 6.61 Å². The summed E-state index contributed by atoms with van der Waals surface area (Å²) < 4.78 is 5.78. The molecule has 17 heavy (non-hydrogen) atoms. The zero-order chi connectivity index (χ0) is 12.5. The van der Waals surface area contributed by atoms with E-state index in [0.717, 1.165) is 18.4 Å². The molecule has 0 aliphatic heterocycles. The van der Waals surface area contributed by atoms with Crippen molar-refractivity contribution in [3.8, 4) is 6.07 Å². The average Bonchev–Trinajstić information content (AvgIpc) is 2.34. The average molecular weight is 229 g/mol. The topological polar surface area (TPSA) is 33.0 Å². The minimum Gasteiger partial charge on any atom is -0.356 e. The highest BCUT2D eigenvalue weighted by molar-refractivity contribution is 5.43. The number of fused-ring (bicyclic) bond motifs is 1. The maximum absolute atomic E-state index is 9.51. The van der Waals surface area contributed by atoms with E-state index in [1.165, 1.54) is 5.56 Å². The minimum absolute atomic E-state index is 0.133. The van der Waals surface area contributed by atoms with Crippen LogP contribution in [0, 0.1) is 11.3 Å². The number of nitriles is 1. The fourth-order valence-corrected chi connectivity index (χ4v) is 2.73. The zero-order valence-electron chi connectivity index (χ0n) is 10.8. The Morgan fingerprint density at radius 1 is 1.24 bits per heavy atom. The highest BCUT2D eigenvalue weighted by atomic mass is 16.5. The van der Waals surface area contributed by atoms with Crippen LogP contribution in [0.15, 0.2) is 24.3 Å². The van der Waals surface area contributed by atoms with Gasteiger partial charge in [0, 0.05) is 12.2 Å². The lowest BCUT2D eigenvalue weighted by atomic mass is 9.67. The zero-order valence-corrected chi connectivity index (χ0v) is 10.8. The van der Waals surface area contributed by atoms with Crippen LogP contribution in [0.4, 0.5) is 0 Å². The van der Waals surface area contributed by atoms with Gasteiger partial charge in [0.25, 0.3) is 0 Å². The second kappa shape index (κ2) is 4.16. The fourth-order valence-electron chi connectivity index (χ4n) is 2.73. The van der Waals surface area contributed by atoms with Crippen LogP contribution in [0.25, 0.3) is 0 Å². The lowest BCUT2D eigenvalue weighted by Gasteiger charge is -2.41. The van der Waals surface area contributed by atoms with Gasteiger partial charge in [-0.2, -0.15) is 5.26 Å². The van der Waals surface area contributed by atoms with Crippen molar-refractivity contribution in [3.05, 3.63) is 35.4 Å². The lowest BCUT2D eigenvalue weighted by molar-refractivity contribution is -0.0179. The van der Waals surface area contributed by atoms with Gasteiger partial charge in [-0.1, -0.05) is 38.1 Å². The Bertz CT molecular complexity index is 458. The van der Waals surface area contributed by atoms with Crippen LogP contribution in [0.5, 0.6) is 0 Å². The lowest BCUT2D eigenvalue weighted by Crippen LogP contribution is -2.38. The molecular weight excluding hydrogens is 210 g/mol. The molecule has 0 heterocycles. The summed E-state index contributed by atoms with van der Waals surface area (Å²) in [6, 6.07) is 10.6. The molecule has 0 radical (unpaired) electrons. The maximum atomic E-state index is 9.51. The van der Waals surface area contributed by atoms with Crippen LogP contribution in [0.3, 0.4) is 0 Å². The van der Waals surface area contributed by atoms with E-state index in [2.05, 4.69) is 26.0 Å². The van der Waals surface area contributed by atoms with Crippen molar-refractivity contribution >= 4 is 0 Å². The Morgan fingerprint density at radius 3 is 2.47 bits per heavy atom. The Labute approximate surface area is 103 Å². The van der Waals surface area contributed by atoms with Crippen molar-refractivity contribution in [2.45, 2.75) is 44.6 Å². The Balaban J connectivity index is 2.59. The molecule has 2 rings (SSSR count). The first kappa shape index (κ1) is 12.1. The molecule has 2 nitrogen and oxygen atoms in total. The van der Waals surface area contributed by atoms with Gasteiger partial charge in [0.15, 0.2) is 5.60 Å². The van der Waals surface area contributed by atoms with Crippen molar-refractivity contribution in [2.75, 3.05) is 6.61 Å². The largest absolute Gasteiger partial charge is 0.356 e. The van der Waals surface area contributed by atoms with E-state index in [9.17, 15) is 5.26 Å². The quantitative estimate of drug-likeness (QED) is 0.777. The molecule has 0 fully saturated rings. The molecule has 1 unspecified atom stereocenters. The SMILES string of the molecule is CCOC1(C#N)CCC(C)(C)c2ccccc21. The van der Waals surface area contributed by atoms with E-state index in [0.29, 0.717) is 6.61 Å². The third-order valence-electron chi connectivity index (χ3n) is 3.76. The van der Waals surface area contributed by atoms with Gasteiger partial charge < -0.3 is 4.74 Å². The number of benzene rings is 1. The summed E-state index contributed by atoms with van der Waals surface area (Å²) in [6.07, 6.45) is 1.76. The Hall–Kier alpha value is -1.33. The summed E-state index contributed by atoms with van der Waals surface area (Å²) in [6.45, 7) is 6.99. The van der Waals surface area contributed by atoms with Crippen molar-refractivity contribution in [1.82, 2.24) is 0 Å². The minimum atomic E-state index is -0.735. The number of nitrogens with zero attached hydrogens (tertiary/aromatic N) is 1. The summed E-state index contributed by atoms with van der Waals surface area (Å²) in [5.74, 6) is 0. The standard InChI is InChI=1S/C15H19NO/c1-4-17-15(11-16)10-9-14(2,3)12-7-5-6-8-13(12)15/h5-8H,4,9-10H2,1-3H3. The van der Waals surface area contributed by atoms with E-state index in [-0.39, 0.29) is 5.41 Å².